The number of benzene rings is 2. The molecule has 124 valence electrons. The van der Waals surface area contributed by atoms with E-state index in [1.807, 2.05) is 32.2 Å². The maximum atomic E-state index is 12.5. The van der Waals surface area contributed by atoms with E-state index >= 15 is 0 Å². The first-order valence-corrected chi connectivity index (χ1v) is 9.03. The summed E-state index contributed by atoms with van der Waals surface area (Å²) in [6.07, 6.45) is 2.01. The van der Waals surface area contributed by atoms with Crippen LogP contribution in [0.3, 0.4) is 0 Å². The molecule has 0 aliphatic rings. The molecule has 2 aromatic carbocycles. The van der Waals surface area contributed by atoms with Crippen LogP contribution >= 0.6 is 11.8 Å². The van der Waals surface area contributed by atoms with E-state index in [9.17, 15) is 4.79 Å². The predicted molar refractivity (Wildman–Crippen MR) is 98.5 cm³/mol. The number of ether oxygens (including phenoxy) is 1. The maximum Gasteiger partial charge on any atom is 0.255 e. The van der Waals surface area contributed by atoms with E-state index in [0.717, 1.165) is 5.75 Å². The molecule has 0 radical (unpaired) electrons. The minimum absolute atomic E-state index is 0.0283. The number of carbonyl (C=O) groups is 1. The topological polar surface area (TPSA) is 62.1 Å². The smallest absolute Gasteiger partial charge is 0.255 e. The first-order chi connectivity index (χ1) is 11.5. The Kier molecular flexibility index (Phi) is 6.28. The van der Waals surface area contributed by atoms with Gasteiger partial charge in [0.05, 0.1) is 23.4 Å². The first kappa shape index (κ1) is 17.9. The van der Waals surface area contributed by atoms with E-state index in [-0.39, 0.29) is 12.0 Å². The summed E-state index contributed by atoms with van der Waals surface area (Å²) < 4.78 is 5.71. The number of anilines is 1. The molecule has 4 nitrogen and oxygen atoms in total. The normalized spacial score (nSPS) is 10.3. The molecule has 0 unspecified atom stereocenters. The molecule has 1 amide bonds. The molecule has 0 saturated heterocycles. The van der Waals surface area contributed by atoms with Crippen molar-refractivity contribution in [2.75, 3.05) is 11.6 Å². The molecule has 0 saturated carbocycles. The van der Waals surface area contributed by atoms with Crippen LogP contribution in [-0.4, -0.2) is 18.3 Å². The number of nitrogens with zero attached hydrogens (tertiary/aromatic N) is 1. The van der Waals surface area contributed by atoms with Crippen LogP contribution in [0.15, 0.2) is 42.5 Å². The van der Waals surface area contributed by atoms with Crippen LogP contribution in [0.5, 0.6) is 5.75 Å². The number of rotatable bonds is 6. The van der Waals surface area contributed by atoms with Gasteiger partial charge in [0.2, 0.25) is 0 Å². The quantitative estimate of drug-likeness (QED) is 0.843. The minimum atomic E-state index is -0.227. The lowest BCUT2D eigenvalue weighted by Crippen LogP contribution is -2.14. The molecule has 0 bridgehead atoms. The second kappa shape index (κ2) is 8.42. The second-order valence-corrected chi connectivity index (χ2v) is 6.44. The lowest BCUT2D eigenvalue weighted by Gasteiger charge is -2.15. The Morgan fingerprint density at radius 1 is 1.25 bits per heavy atom. The first-order valence-electron chi connectivity index (χ1n) is 7.63. The van der Waals surface area contributed by atoms with Crippen LogP contribution < -0.4 is 10.1 Å². The third-order valence-corrected chi connectivity index (χ3v) is 3.87. The Morgan fingerprint density at radius 2 is 1.96 bits per heavy atom. The highest BCUT2D eigenvalue weighted by Crippen LogP contribution is 2.27. The molecule has 0 spiro atoms. The average molecular weight is 340 g/mol. The summed E-state index contributed by atoms with van der Waals surface area (Å²) >= 11 is 1.74. The highest BCUT2D eigenvalue weighted by Gasteiger charge is 2.12. The lowest BCUT2D eigenvalue weighted by atomic mass is 10.1. The van der Waals surface area contributed by atoms with Gasteiger partial charge in [0.15, 0.2) is 0 Å². The summed E-state index contributed by atoms with van der Waals surface area (Å²) in [5, 5.41) is 11.9. The van der Waals surface area contributed by atoms with Gasteiger partial charge in [0.25, 0.3) is 5.91 Å². The van der Waals surface area contributed by atoms with Crippen molar-refractivity contribution < 1.29 is 9.53 Å². The zero-order chi connectivity index (χ0) is 17.5. The Morgan fingerprint density at radius 3 is 2.54 bits per heavy atom. The van der Waals surface area contributed by atoms with Gasteiger partial charge in [-0.2, -0.15) is 17.0 Å². The second-order valence-electron chi connectivity index (χ2n) is 5.57. The number of carbonyl (C=O) groups excluding carboxylic acids is 1. The van der Waals surface area contributed by atoms with E-state index in [4.69, 9.17) is 10.00 Å². The van der Waals surface area contributed by atoms with Crippen molar-refractivity contribution in [1.82, 2.24) is 0 Å². The van der Waals surface area contributed by atoms with Gasteiger partial charge in [0.1, 0.15) is 5.75 Å². The van der Waals surface area contributed by atoms with E-state index in [0.29, 0.717) is 22.6 Å². The van der Waals surface area contributed by atoms with E-state index in [2.05, 4.69) is 11.4 Å². The van der Waals surface area contributed by atoms with Gasteiger partial charge >= 0.3 is 0 Å². The highest BCUT2D eigenvalue weighted by atomic mass is 32.2. The van der Waals surface area contributed by atoms with Crippen LogP contribution in [-0.2, 0) is 5.75 Å². The molecular weight excluding hydrogens is 320 g/mol. The van der Waals surface area contributed by atoms with E-state index in [1.165, 1.54) is 5.56 Å². The van der Waals surface area contributed by atoms with Crippen LogP contribution in [0.4, 0.5) is 5.69 Å². The fourth-order valence-electron chi connectivity index (χ4n) is 2.17. The highest BCUT2D eigenvalue weighted by molar-refractivity contribution is 7.97. The molecular formula is C19H20N2O2S. The number of hydrogen-bond donors (Lipinski definition) is 1. The molecule has 24 heavy (non-hydrogen) atoms. The number of hydrogen-bond acceptors (Lipinski definition) is 4. The van der Waals surface area contributed by atoms with Gasteiger partial charge in [-0.15, -0.1) is 0 Å². The monoisotopic (exact) mass is 340 g/mol. The molecule has 0 atom stereocenters. The van der Waals surface area contributed by atoms with Crippen molar-refractivity contribution in [2.45, 2.75) is 25.7 Å². The minimum Gasteiger partial charge on any atom is -0.489 e. The summed E-state index contributed by atoms with van der Waals surface area (Å²) in [6, 6.07) is 14.6. The van der Waals surface area contributed by atoms with Crippen molar-refractivity contribution in [3.8, 4) is 11.8 Å². The Balaban J connectivity index is 2.22. The summed E-state index contributed by atoms with van der Waals surface area (Å²) in [7, 11) is 0. The molecule has 5 heteroatoms. The third-order valence-electron chi connectivity index (χ3n) is 3.25. The Labute approximate surface area is 146 Å². The number of nitriles is 1. The Bertz CT molecular complexity index is 749. The summed E-state index contributed by atoms with van der Waals surface area (Å²) in [5.41, 5.74) is 2.71. The largest absolute Gasteiger partial charge is 0.489 e. The molecule has 0 aromatic heterocycles. The average Bonchev–Trinajstić information content (AvgIpc) is 2.57. The third kappa shape index (κ3) is 4.77. The molecule has 0 heterocycles. The fourth-order valence-corrected chi connectivity index (χ4v) is 2.69. The van der Waals surface area contributed by atoms with Crippen molar-refractivity contribution >= 4 is 23.4 Å². The standard InChI is InChI=1S/C19H20N2O2S/c1-13(2)23-18-9-6-15(11-20)10-17(18)21-19(22)16-7-4-14(5-8-16)12-24-3/h4-10,13H,12H2,1-3H3,(H,21,22). The van der Waals surface area contributed by atoms with Gasteiger partial charge in [-0.25, -0.2) is 0 Å². The van der Waals surface area contributed by atoms with Gasteiger partial charge in [-0.05, 0) is 56.0 Å². The number of thioether (sulfide) groups is 1. The Hall–Kier alpha value is -2.45. The molecule has 2 aromatic rings. The number of amides is 1. The van der Waals surface area contributed by atoms with Crippen LogP contribution in [0.1, 0.15) is 35.3 Å². The van der Waals surface area contributed by atoms with Crippen molar-refractivity contribution in [3.05, 3.63) is 59.2 Å². The molecule has 1 N–H and O–H groups in total. The van der Waals surface area contributed by atoms with Gasteiger partial charge in [0, 0.05) is 11.3 Å². The van der Waals surface area contributed by atoms with Crippen molar-refractivity contribution in [1.29, 1.82) is 5.26 Å². The summed E-state index contributed by atoms with van der Waals surface area (Å²) in [4.78, 5) is 12.5. The molecule has 0 aliphatic heterocycles. The summed E-state index contributed by atoms with van der Waals surface area (Å²) in [6.45, 7) is 3.82. The predicted octanol–water partition coefficient (Wildman–Crippen LogP) is 4.46. The zero-order valence-electron chi connectivity index (χ0n) is 14.0. The van der Waals surface area contributed by atoms with Crippen LogP contribution in [0.25, 0.3) is 0 Å². The van der Waals surface area contributed by atoms with E-state index in [1.54, 1.807) is 42.1 Å². The van der Waals surface area contributed by atoms with Crippen LogP contribution in [0, 0.1) is 11.3 Å². The molecule has 0 fully saturated rings. The maximum absolute atomic E-state index is 12.5. The van der Waals surface area contributed by atoms with Crippen molar-refractivity contribution in [2.24, 2.45) is 0 Å². The van der Waals surface area contributed by atoms with Crippen molar-refractivity contribution in [3.63, 3.8) is 0 Å². The lowest BCUT2D eigenvalue weighted by molar-refractivity contribution is 0.102. The SMILES string of the molecule is CSCc1ccc(C(=O)Nc2cc(C#N)ccc2OC(C)C)cc1. The van der Waals surface area contributed by atoms with Gasteiger partial charge < -0.3 is 10.1 Å². The summed E-state index contributed by atoms with van der Waals surface area (Å²) in [5.74, 6) is 1.24. The number of nitrogens with one attached hydrogen (secondary N) is 1. The molecule has 0 aliphatic carbocycles. The fraction of sp³-hybridized carbons (Fsp3) is 0.263. The van der Waals surface area contributed by atoms with Gasteiger partial charge in [-0.3, -0.25) is 4.79 Å². The molecule has 2 rings (SSSR count). The van der Waals surface area contributed by atoms with Crippen LogP contribution in [0.2, 0.25) is 0 Å². The van der Waals surface area contributed by atoms with Gasteiger partial charge in [-0.1, -0.05) is 12.1 Å². The zero-order valence-corrected chi connectivity index (χ0v) is 14.8. The van der Waals surface area contributed by atoms with E-state index < -0.39 is 0 Å².